The first kappa shape index (κ1) is 27.3. The summed E-state index contributed by atoms with van der Waals surface area (Å²) in [5, 5.41) is 3.80. The lowest BCUT2D eigenvalue weighted by Crippen LogP contribution is -2.35. The van der Waals surface area contributed by atoms with Gasteiger partial charge in [-0.1, -0.05) is 0 Å². The number of nitrogens with zero attached hydrogens (tertiary/aromatic N) is 5. The molecule has 6 heterocycles. The Bertz CT molecular complexity index is 2020. The Hall–Kier alpha value is -4.58. The molecular formula is C31H31F2N7O3. The van der Waals surface area contributed by atoms with Gasteiger partial charge in [0.15, 0.2) is 11.6 Å². The number of halogens is 2. The lowest BCUT2D eigenvalue weighted by atomic mass is 9.99. The van der Waals surface area contributed by atoms with Crippen LogP contribution in [0.25, 0.3) is 44.1 Å². The van der Waals surface area contributed by atoms with Crippen LogP contribution in [-0.4, -0.2) is 76.8 Å². The zero-order valence-corrected chi connectivity index (χ0v) is 24.3. The van der Waals surface area contributed by atoms with Crippen molar-refractivity contribution in [3.05, 3.63) is 58.1 Å². The third-order valence-corrected chi connectivity index (χ3v) is 8.87. The number of rotatable bonds is 5. The molecule has 0 aliphatic carbocycles. The van der Waals surface area contributed by atoms with Crippen LogP contribution in [0.1, 0.15) is 23.7 Å². The van der Waals surface area contributed by atoms with Crippen molar-refractivity contribution in [3.63, 3.8) is 0 Å². The molecule has 2 aliphatic heterocycles. The quantitative estimate of drug-likeness (QED) is 0.294. The maximum Gasteiger partial charge on any atom is 0.343 e. The number of ether oxygens (including phenoxy) is 1. The van der Waals surface area contributed by atoms with Crippen LogP contribution in [0.5, 0.6) is 0 Å². The maximum atomic E-state index is 15.7. The number of esters is 1. The lowest BCUT2D eigenvalue weighted by Gasteiger charge is -2.29. The first-order valence-electron chi connectivity index (χ1n) is 14.3. The Morgan fingerprint density at radius 3 is 2.74 bits per heavy atom. The number of carbonyl (C=O) groups is 1. The molecule has 1 aromatic carbocycles. The molecule has 7 rings (SSSR count). The monoisotopic (exact) mass is 587 g/mol. The fraction of sp³-hybridized carbons (Fsp3) is 0.355. The van der Waals surface area contributed by atoms with Gasteiger partial charge >= 0.3 is 5.97 Å². The highest BCUT2D eigenvalue weighted by Gasteiger charge is 2.42. The molecule has 4 aromatic heterocycles. The van der Waals surface area contributed by atoms with E-state index in [4.69, 9.17) is 4.74 Å². The highest BCUT2D eigenvalue weighted by molar-refractivity contribution is 6.18. The van der Waals surface area contributed by atoms with Gasteiger partial charge in [0.2, 0.25) is 5.43 Å². The third kappa shape index (κ3) is 4.07. The second kappa shape index (κ2) is 10.0. The van der Waals surface area contributed by atoms with E-state index in [1.165, 1.54) is 6.20 Å². The number of carbonyl (C=O) groups excluding carboxylic acids is 1. The maximum absolute atomic E-state index is 15.7. The number of benzene rings is 1. The highest BCUT2D eigenvalue weighted by atomic mass is 19.2. The molecular weight excluding hydrogens is 556 g/mol. The van der Waals surface area contributed by atoms with Crippen molar-refractivity contribution in [2.75, 3.05) is 50.6 Å². The predicted octanol–water partition coefficient (Wildman–Crippen LogP) is 4.27. The zero-order chi connectivity index (χ0) is 30.2. The molecule has 43 heavy (non-hydrogen) atoms. The molecule has 0 spiro atoms. The molecule has 2 aliphatic rings. The highest BCUT2D eigenvalue weighted by Crippen LogP contribution is 2.46. The molecule has 2 N–H and O–H groups in total. The molecule has 0 bridgehead atoms. The van der Waals surface area contributed by atoms with E-state index in [0.717, 1.165) is 32.1 Å². The van der Waals surface area contributed by atoms with Crippen molar-refractivity contribution in [1.82, 2.24) is 24.4 Å². The summed E-state index contributed by atoms with van der Waals surface area (Å²) in [4.78, 5) is 43.1. The Labute approximate surface area is 245 Å². The number of likely N-dealkylation sites (N-methyl/N-ethyl adjacent to an activating group) is 1. The van der Waals surface area contributed by atoms with E-state index in [9.17, 15) is 14.0 Å². The van der Waals surface area contributed by atoms with Crippen LogP contribution < -0.4 is 15.6 Å². The van der Waals surface area contributed by atoms with Gasteiger partial charge in [0.05, 0.1) is 39.7 Å². The smallest absolute Gasteiger partial charge is 0.343 e. The van der Waals surface area contributed by atoms with Crippen molar-refractivity contribution in [2.45, 2.75) is 19.4 Å². The number of hydrogen-bond donors (Lipinski definition) is 2. The summed E-state index contributed by atoms with van der Waals surface area (Å²) < 4.78 is 37.4. The minimum Gasteiger partial charge on any atom is -0.462 e. The van der Waals surface area contributed by atoms with Gasteiger partial charge in [0, 0.05) is 75.6 Å². The number of pyridine rings is 3. The predicted molar refractivity (Wildman–Crippen MR) is 162 cm³/mol. The van der Waals surface area contributed by atoms with Crippen molar-refractivity contribution in [3.8, 4) is 11.1 Å². The van der Waals surface area contributed by atoms with Crippen LogP contribution in [-0.2, 0) is 11.8 Å². The lowest BCUT2D eigenvalue weighted by molar-refractivity contribution is 0.0524. The minimum absolute atomic E-state index is 0.0882. The van der Waals surface area contributed by atoms with Gasteiger partial charge in [-0.15, -0.1) is 0 Å². The normalized spacial score (nSPS) is 18.7. The molecule has 2 fully saturated rings. The molecule has 12 heteroatoms. The Morgan fingerprint density at radius 1 is 1.16 bits per heavy atom. The standard InChI is InChI=1S/C31H31F2N7O3/c1-5-43-31(42)19-13-39(4)30-17(28(19)41)8-16(10-36-30)18-11-35-29-24(23-25(33)20(32)9-21(34-2)26(23)37-29)27(18)40-7-6-15-12-38(3)14-22(15)40/h8-11,13,15,22,34H,5-7,12,14H2,1-4H3,(H,35,37)/t15-,22+/m1/s1. The van der Waals surface area contributed by atoms with Crippen LogP contribution in [0, 0.1) is 17.6 Å². The van der Waals surface area contributed by atoms with Crippen LogP contribution >= 0.6 is 0 Å². The summed E-state index contributed by atoms with van der Waals surface area (Å²) in [5.74, 6) is -2.19. The van der Waals surface area contributed by atoms with Crippen molar-refractivity contribution in [1.29, 1.82) is 0 Å². The van der Waals surface area contributed by atoms with Gasteiger partial charge in [-0.05, 0) is 32.4 Å². The van der Waals surface area contributed by atoms with Crippen LogP contribution in [0.3, 0.4) is 0 Å². The van der Waals surface area contributed by atoms with Gasteiger partial charge in [-0.3, -0.25) is 4.79 Å². The number of H-pyrrole nitrogens is 1. The fourth-order valence-corrected chi connectivity index (χ4v) is 6.96. The Kier molecular flexibility index (Phi) is 6.35. The molecule has 2 saturated heterocycles. The SMILES string of the molecule is CCOC(=O)c1cn(C)c2ncc(-c3cnc4[nH]c5c(NC)cc(F)c(F)c5c4c3N3CC[C@@H]4CN(C)C[C@@H]43)cc2c1=O. The third-order valence-electron chi connectivity index (χ3n) is 8.87. The molecule has 0 unspecified atom stereocenters. The van der Waals surface area contributed by atoms with Gasteiger partial charge in [0.1, 0.15) is 16.9 Å². The van der Waals surface area contributed by atoms with Crippen LogP contribution in [0.2, 0.25) is 0 Å². The summed E-state index contributed by atoms with van der Waals surface area (Å²) >= 11 is 0. The summed E-state index contributed by atoms with van der Waals surface area (Å²) in [6.45, 7) is 4.33. The molecule has 0 saturated carbocycles. The second-order valence-electron chi connectivity index (χ2n) is 11.4. The summed E-state index contributed by atoms with van der Waals surface area (Å²) in [5.41, 5.74) is 3.01. The van der Waals surface area contributed by atoms with Gasteiger partial charge in [-0.25, -0.2) is 23.5 Å². The molecule has 222 valence electrons. The minimum atomic E-state index is -0.962. The van der Waals surface area contributed by atoms with E-state index >= 15 is 4.39 Å². The van der Waals surface area contributed by atoms with E-state index in [2.05, 4.69) is 37.1 Å². The van der Waals surface area contributed by atoms with Crippen LogP contribution in [0.4, 0.5) is 20.2 Å². The largest absolute Gasteiger partial charge is 0.462 e. The van der Waals surface area contributed by atoms with E-state index < -0.39 is 23.0 Å². The number of anilines is 2. The van der Waals surface area contributed by atoms with Gasteiger partial charge in [0.25, 0.3) is 0 Å². The number of aryl methyl sites for hydroxylation is 1. The van der Waals surface area contributed by atoms with E-state index in [1.54, 1.807) is 44.0 Å². The topological polar surface area (TPSA) is 108 Å². The molecule has 0 amide bonds. The second-order valence-corrected chi connectivity index (χ2v) is 11.4. The number of aromatic amines is 1. The van der Waals surface area contributed by atoms with Crippen LogP contribution in [0.15, 0.2) is 35.5 Å². The zero-order valence-electron chi connectivity index (χ0n) is 24.3. The summed E-state index contributed by atoms with van der Waals surface area (Å²) in [6.07, 6.45) is 5.72. The summed E-state index contributed by atoms with van der Waals surface area (Å²) in [6, 6.07) is 2.99. The number of aromatic nitrogens is 4. The van der Waals surface area contributed by atoms with Crippen molar-refractivity contribution < 1.29 is 18.3 Å². The first-order chi connectivity index (χ1) is 20.7. The fourth-order valence-electron chi connectivity index (χ4n) is 6.96. The number of likely N-dealkylation sites (tertiary alicyclic amines) is 1. The number of hydrogen-bond acceptors (Lipinski definition) is 8. The average Bonchev–Trinajstić information content (AvgIpc) is 3.68. The molecule has 0 radical (unpaired) electrons. The van der Waals surface area contributed by atoms with Gasteiger partial charge < -0.3 is 29.4 Å². The summed E-state index contributed by atoms with van der Waals surface area (Å²) in [7, 11) is 5.45. The molecule has 2 atom stereocenters. The number of nitrogens with one attached hydrogen (secondary N) is 2. The first-order valence-corrected chi connectivity index (χ1v) is 14.3. The van der Waals surface area contributed by atoms with E-state index in [-0.39, 0.29) is 29.0 Å². The Morgan fingerprint density at radius 2 is 1.98 bits per heavy atom. The average molecular weight is 588 g/mol. The van der Waals surface area contributed by atoms with Crippen molar-refractivity contribution in [2.24, 2.45) is 13.0 Å². The number of fused-ring (bicyclic) bond motifs is 5. The molecule has 5 aromatic rings. The van der Waals surface area contributed by atoms with Gasteiger partial charge in [-0.2, -0.15) is 0 Å². The van der Waals surface area contributed by atoms with E-state index in [0.29, 0.717) is 50.6 Å². The van der Waals surface area contributed by atoms with Crippen molar-refractivity contribution >= 4 is 50.3 Å². The van der Waals surface area contributed by atoms with E-state index in [1.807, 2.05) is 0 Å². The molecule has 10 nitrogen and oxygen atoms in total. The Balaban J connectivity index is 1.54.